The maximum Gasteiger partial charge on any atom is 0.274 e. The van der Waals surface area contributed by atoms with Crippen LogP contribution in [0.25, 0.3) is 4.96 Å². The van der Waals surface area contributed by atoms with E-state index in [4.69, 9.17) is 0 Å². The predicted octanol–water partition coefficient (Wildman–Crippen LogP) is 3.47. The molecule has 26 heavy (non-hydrogen) atoms. The summed E-state index contributed by atoms with van der Waals surface area (Å²) in [7, 11) is 0. The minimum Gasteiger partial charge on any atom is -0.337 e. The third kappa shape index (κ3) is 3.21. The topological polar surface area (TPSA) is 50.5 Å². The van der Waals surface area contributed by atoms with E-state index in [1.165, 1.54) is 17.4 Å². The van der Waals surface area contributed by atoms with Gasteiger partial charge in [-0.25, -0.2) is 18.3 Å². The Morgan fingerprint density at radius 3 is 2.81 bits per heavy atom. The van der Waals surface area contributed by atoms with Gasteiger partial charge >= 0.3 is 0 Å². The highest BCUT2D eigenvalue weighted by atomic mass is 32.1. The van der Waals surface area contributed by atoms with Crippen LogP contribution >= 0.6 is 11.3 Å². The Kier molecular flexibility index (Phi) is 4.44. The lowest BCUT2D eigenvalue weighted by Gasteiger charge is -2.31. The fraction of sp³-hybridized carbons (Fsp3) is 0.389. The lowest BCUT2D eigenvalue weighted by atomic mass is 9.90. The van der Waals surface area contributed by atoms with Gasteiger partial charge in [0.05, 0.1) is 6.20 Å². The quantitative estimate of drug-likeness (QED) is 0.703. The largest absolute Gasteiger partial charge is 0.337 e. The van der Waals surface area contributed by atoms with Crippen molar-refractivity contribution in [1.29, 1.82) is 0 Å². The van der Waals surface area contributed by atoms with E-state index in [1.807, 2.05) is 6.92 Å². The van der Waals surface area contributed by atoms with Crippen molar-refractivity contribution >= 4 is 22.2 Å². The number of hydrogen-bond donors (Lipinski definition) is 0. The van der Waals surface area contributed by atoms with E-state index in [2.05, 4.69) is 10.1 Å². The molecule has 0 radical (unpaired) electrons. The van der Waals surface area contributed by atoms with Crippen LogP contribution in [0.4, 0.5) is 8.78 Å². The Balaban J connectivity index is 1.39. The Hall–Kier alpha value is -2.35. The van der Waals surface area contributed by atoms with Gasteiger partial charge in [-0.2, -0.15) is 5.10 Å². The second-order valence-corrected chi connectivity index (χ2v) is 7.79. The standard InChI is InChI=1S/C18H18F2N4OS/c1-11-22-24-10-15(21-18(24)26-11)17(25)23-7-5-12(6-8-23)9-13-3-2-4-14(19)16(13)20/h2-4,10,12H,5-9H2,1H3. The van der Waals surface area contributed by atoms with Crippen LogP contribution in [0, 0.1) is 24.5 Å². The number of imidazole rings is 1. The number of halogens is 2. The van der Waals surface area contributed by atoms with Gasteiger partial charge in [-0.15, -0.1) is 0 Å². The Bertz CT molecular complexity index is 928. The molecular weight excluding hydrogens is 358 g/mol. The van der Waals surface area contributed by atoms with Crippen molar-refractivity contribution in [2.45, 2.75) is 26.2 Å². The zero-order valence-electron chi connectivity index (χ0n) is 14.3. The van der Waals surface area contributed by atoms with Crippen LogP contribution in [-0.4, -0.2) is 38.5 Å². The van der Waals surface area contributed by atoms with Crippen LogP contribution in [0.2, 0.25) is 0 Å². The third-order valence-electron chi connectivity index (χ3n) is 4.81. The fourth-order valence-electron chi connectivity index (χ4n) is 3.42. The van der Waals surface area contributed by atoms with Crippen LogP contribution in [-0.2, 0) is 6.42 Å². The lowest BCUT2D eigenvalue weighted by molar-refractivity contribution is 0.0685. The summed E-state index contributed by atoms with van der Waals surface area (Å²) in [6.45, 7) is 3.09. The molecule has 1 saturated heterocycles. The van der Waals surface area contributed by atoms with Crippen molar-refractivity contribution in [3.63, 3.8) is 0 Å². The van der Waals surface area contributed by atoms with Crippen molar-refractivity contribution in [3.05, 3.63) is 52.3 Å². The van der Waals surface area contributed by atoms with Gasteiger partial charge in [-0.3, -0.25) is 4.79 Å². The molecule has 0 N–H and O–H groups in total. The SMILES string of the molecule is Cc1nn2cc(C(=O)N3CCC(Cc4cccc(F)c4F)CC3)nc2s1. The fourth-order valence-corrected chi connectivity index (χ4v) is 4.15. The molecule has 3 heterocycles. The summed E-state index contributed by atoms with van der Waals surface area (Å²) in [4.78, 5) is 19.5. The molecule has 1 fully saturated rings. The van der Waals surface area contributed by atoms with E-state index >= 15 is 0 Å². The number of amides is 1. The normalized spacial score (nSPS) is 15.7. The second-order valence-electron chi connectivity index (χ2n) is 6.63. The molecule has 0 unspecified atom stereocenters. The Labute approximate surface area is 153 Å². The van der Waals surface area contributed by atoms with Gasteiger partial charge in [0.15, 0.2) is 11.6 Å². The van der Waals surface area contributed by atoms with Gasteiger partial charge in [0.25, 0.3) is 5.91 Å². The minimum atomic E-state index is -0.807. The average molecular weight is 376 g/mol. The van der Waals surface area contributed by atoms with Crippen molar-refractivity contribution in [2.24, 2.45) is 5.92 Å². The highest BCUT2D eigenvalue weighted by molar-refractivity contribution is 7.16. The molecule has 3 aromatic rings. The van der Waals surface area contributed by atoms with E-state index in [0.717, 1.165) is 23.9 Å². The molecule has 1 aliphatic rings. The number of benzene rings is 1. The molecule has 0 saturated carbocycles. The summed E-state index contributed by atoms with van der Waals surface area (Å²) >= 11 is 1.44. The molecule has 5 nitrogen and oxygen atoms in total. The van der Waals surface area contributed by atoms with Crippen LogP contribution in [0.3, 0.4) is 0 Å². The van der Waals surface area contributed by atoms with Gasteiger partial charge in [-0.1, -0.05) is 23.5 Å². The van der Waals surface area contributed by atoms with Crippen molar-refractivity contribution in [1.82, 2.24) is 19.5 Å². The number of fused-ring (bicyclic) bond motifs is 1. The molecule has 4 rings (SSSR count). The number of piperidine rings is 1. The van der Waals surface area contributed by atoms with Crippen molar-refractivity contribution in [3.8, 4) is 0 Å². The van der Waals surface area contributed by atoms with Gasteiger partial charge in [0.1, 0.15) is 10.7 Å². The summed E-state index contributed by atoms with van der Waals surface area (Å²) in [5, 5.41) is 5.17. The maximum absolute atomic E-state index is 13.8. The number of carbonyl (C=O) groups is 1. The average Bonchev–Trinajstić information content (AvgIpc) is 3.16. The van der Waals surface area contributed by atoms with E-state index < -0.39 is 11.6 Å². The number of carbonyl (C=O) groups excluding carboxylic acids is 1. The predicted molar refractivity (Wildman–Crippen MR) is 94.3 cm³/mol. The molecule has 1 aliphatic heterocycles. The van der Waals surface area contributed by atoms with Crippen molar-refractivity contribution in [2.75, 3.05) is 13.1 Å². The molecule has 0 atom stereocenters. The third-order valence-corrected chi connectivity index (χ3v) is 5.64. The first-order chi connectivity index (χ1) is 12.5. The smallest absolute Gasteiger partial charge is 0.274 e. The van der Waals surface area contributed by atoms with Crippen LogP contribution < -0.4 is 0 Å². The molecule has 136 valence electrons. The number of aromatic nitrogens is 3. The highest BCUT2D eigenvalue weighted by Gasteiger charge is 2.26. The molecule has 0 aliphatic carbocycles. The van der Waals surface area contributed by atoms with E-state index in [1.54, 1.807) is 21.7 Å². The Morgan fingerprint density at radius 1 is 1.31 bits per heavy atom. The van der Waals surface area contributed by atoms with E-state index in [9.17, 15) is 13.6 Å². The van der Waals surface area contributed by atoms with Gasteiger partial charge in [0.2, 0.25) is 4.96 Å². The molecule has 1 aromatic carbocycles. The molecule has 1 amide bonds. The van der Waals surface area contributed by atoms with Crippen molar-refractivity contribution < 1.29 is 13.6 Å². The number of rotatable bonds is 3. The lowest BCUT2D eigenvalue weighted by Crippen LogP contribution is -2.39. The van der Waals surface area contributed by atoms with Gasteiger partial charge in [-0.05, 0) is 43.7 Å². The van der Waals surface area contributed by atoms with Crippen LogP contribution in [0.5, 0.6) is 0 Å². The highest BCUT2D eigenvalue weighted by Crippen LogP contribution is 2.25. The van der Waals surface area contributed by atoms with E-state index in [-0.39, 0.29) is 11.8 Å². The van der Waals surface area contributed by atoms with Gasteiger partial charge in [0, 0.05) is 13.1 Å². The molecule has 2 aromatic heterocycles. The Morgan fingerprint density at radius 2 is 2.08 bits per heavy atom. The molecule has 0 spiro atoms. The summed E-state index contributed by atoms with van der Waals surface area (Å²) in [6, 6.07) is 4.29. The molecule has 8 heteroatoms. The summed E-state index contributed by atoms with van der Waals surface area (Å²) in [5.41, 5.74) is 0.809. The number of nitrogens with zero attached hydrogens (tertiary/aromatic N) is 4. The summed E-state index contributed by atoms with van der Waals surface area (Å²) in [5.74, 6) is -1.42. The van der Waals surface area contributed by atoms with E-state index in [0.29, 0.717) is 35.7 Å². The molecular formula is C18H18F2N4OS. The zero-order chi connectivity index (χ0) is 18.3. The number of aryl methyl sites for hydroxylation is 1. The van der Waals surface area contributed by atoms with Gasteiger partial charge < -0.3 is 4.90 Å². The van der Waals surface area contributed by atoms with Crippen LogP contribution in [0.15, 0.2) is 24.4 Å². The minimum absolute atomic E-state index is 0.101. The first kappa shape index (κ1) is 17.1. The zero-order valence-corrected chi connectivity index (χ0v) is 15.1. The molecule has 0 bridgehead atoms. The maximum atomic E-state index is 13.8. The second kappa shape index (κ2) is 6.75. The summed E-state index contributed by atoms with van der Waals surface area (Å²) < 4.78 is 28.8. The summed E-state index contributed by atoms with van der Waals surface area (Å²) in [6.07, 6.45) is 3.69. The van der Waals surface area contributed by atoms with Crippen LogP contribution in [0.1, 0.15) is 33.9 Å². The monoisotopic (exact) mass is 376 g/mol. The number of likely N-dealkylation sites (tertiary alicyclic amines) is 1. The first-order valence-corrected chi connectivity index (χ1v) is 9.38. The number of hydrogen-bond acceptors (Lipinski definition) is 4. The first-order valence-electron chi connectivity index (χ1n) is 8.56.